The van der Waals surface area contributed by atoms with E-state index in [0.29, 0.717) is 11.3 Å². The second-order valence-corrected chi connectivity index (χ2v) is 11.0. The Hall–Kier alpha value is -2.45. The van der Waals surface area contributed by atoms with Crippen molar-refractivity contribution in [3.8, 4) is 0 Å². The second-order valence-electron chi connectivity index (χ2n) is 7.45. The molecule has 29 heavy (non-hydrogen) atoms. The van der Waals surface area contributed by atoms with Crippen molar-refractivity contribution in [2.75, 3.05) is 23.3 Å². The third kappa shape index (κ3) is 4.00. The molecule has 0 saturated carbocycles. The number of fused-ring (bicyclic) bond motifs is 1. The molecular weight excluding hydrogens is 406 g/mol. The van der Waals surface area contributed by atoms with Crippen molar-refractivity contribution in [2.45, 2.75) is 36.8 Å². The molecule has 0 aliphatic carbocycles. The third-order valence-corrected chi connectivity index (χ3v) is 8.33. The van der Waals surface area contributed by atoms with E-state index in [9.17, 15) is 13.2 Å². The highest BCUT2D eigenvalue weighted by Gasteiger charge is 2.20. The first-order valence-electron chi connectivity index (χ1n) is 9.65. The number of aromatic nitrogens is 1. The molecule has 4 rings (SSSR count). The van der Waals surface area contributed by atoms with Gasteiger partial charge < -0.3 is 10.2 Å². The Morgan fingerprint density at radius 1 is 1.10 bits per heavy atom. The van der Waals surface area contributed by atoms with E-state index in [1.165, 1.54) is 25.0 Å². The van der Waals surface area contributed by atoms with E-state index in [4.69, 9.17) is 4.98 Å². The summed E-state index contributed by atoms with van der Waals surface area (Å²) in [4.78, 5) is 19.8. The van der Waals surface area contributed by atoms with Gasteiger partial charge in [0.05, 0.1) is 20.4 Å². The maximum Gasteiger partial charge on any atom is 0.255 e. The molecule has 2 aromatic carbocycles. The standard InChI is InChI=1S/C21H23N3O3S2/c1-14(2)29(26,27)17-8-5-15(6-9-17)20(25)22-16-7-10-18-19(13-16)28-21(23-18)24-11-3-4-12-24/h5-10,13-14H,3-4,11-12H2,1-2H3,(H,22,25). The Bertz CT molecular complexity index is 1150. The SMILES string of the molecule is CC(C)S(=O)(=O)c1ccc(C(=O)Nc2ccc3nc(N4CCCC4)sc3c2)cc1. The van der Waals surface area contributed by atoms with Gasteiger partial charge in [0.1, 0.15) is 0 Å². The van der Waals surface area contributed by atoms with Crippen LogP contribution in [0.5, 0.6) is 0 Å². The molecule has 0 radical (unpaired) electrons. The van der Waals surface area contributed by atoms with Crippen LogP contribution in [0.25, 0.3) is 10.2 Å². The number of sulfone groups is 1. The van der Waals surface area contributed by atoms with Crippen LogP contribution in [0, 0.1) is 0 Å². The fourth-order valence-corrected chi connectivity index (χ4v) is 5.42. The van der Waals surface area contributed by atoms with Gasteiger partial charge in [-0.1, -0.05) is 11.3 Å². The van der Waals surface area contributed by atoms with Crippen LogP contribution < -0.4 is 10.2 Å². The van der Waals surface area contributed by atoms with E-state index in [1.807, 2.05) is 18.2 Å². The first-order valence-corrected chi connectivity index (χ1v) is 12.0. The molecule has 3 aromatic rings. The number of thiazole rings is 1. The van der Waals surface area contributed by atoms with Gasteiger partial charge in [-0.05, 0) is 69.2 Å². The highest BCUT2D eigenvalue weighted by Crippen LogP contribution is 2.32. The lowest BCUT2D eigenvalue weighted by atomic mass is 10.2. The average molecular weight is 430 g/mol. The zero-order chi connectivity index (χ0) is 20.6. The summed E-state index contributed by atoms with van der Waals surface area (Å²) in [6, 6.07) is 11.7. The topological polar surface area (TPSA) is 79.4 Å². The van der Waals surface area contributed by atoms with Gasteiger partial charge in [-0.25, -0.2) is 13.4 Å². The molecule has 2 heterocycles. The molecule has 1 aliphatic rings. The quantitative estimate of drug-likeness (QED) is 0.653. The van der Waals surface area contributed by atoms with Gasteiger partial charge in [0, 0.05) is 24.3 Å². The molecule has 1 saturated heterocycles. The Labute approximate surface area is 174 Å². The fraction of sp³-hybridized carbons (Fsp3) is 0.333. The van der Waals surface area contributed by atoms with Crippen LogP contribution in [-0.4, -0.2) is 37.6 Å². The van der Waals surface area contributed by atoms with Gasteiger partial charge in [-0.15, -0.1) is 0 Å². The number of nitrogens with one attached hydrogen (secondary N) is 1. The second kappa shape index (κ2) is 7.76. The lowest BCUT2D eigenvalue weighted by Gasteiger charge is -2.11. The Kier molecular flexibility index (Phi) is 5.31. The molecule has 8 heteroatoms. The van der Waals surface area contributed by atoms with E-state index >= 15 is 0 Å². The number of amides is 1. The number of rotatable bonds is 5. The summed E-state index contributed by atoms with van der Waals surface area (Å²) in [6.45, 7) is 5.37. The van der Waals surface area contributed by atoms with E-state index in [0.717, 1.165) is 28.4 Å². The summed E-state index contributed by atoms with van der Waals surface area (Å²) in [6.07, 6.45) is 2.41. The Morgan fingerprint density at radius 3 is 2.45 bits per heavy atom. The molecule has 0 bridgehead atoms. The maximum absolute atomic E-state index is 12.6. The number of carbonyl (C=O) groups excluding carboxylic acids is 1. The molecule has 1 amide bonds. The number of nitrogens with zero attached hydrogens (tertiary/aromatic N) is 2. The molecule has 6 nitrogen and oxygen atoms in total. The number of anilines is 2. The normalized spacial score (nSPS) is 14.7. The van der Waals surface area contributed by atoms with E-state index in [2.05, 4.69) is 10.2 Å². The minimum absolute atomic E-state index is 0.226. The predicted octanol–water partition coefficient (Wildman–Crippen LogP) is 4.33. The molecule has 1 N–H and O–H groups in total. The molecule has 1 fully saturated rings. The van der Waals surface area contributed by atoms with Crippen LogP contribution >= 0.6 is 11.3 Å². The lowest BCUT2D eigenvalue weighted by Crippen LogP contribution is -2.16. The van der Waals surface area contributed by atoms with Crippen LogP contribution in [0.3, 0.4) is 0 Å². The first-order chi connectivity index (χ1) is 13.8. The summed E-state index contributed by atoms with van der Waals surface area (Å²) >= 11 is 1.64. The molecule has 0 atom stereocenters. The van der Waals surface area contributed by atoms with Crippen LogP contribution in [-0.2, 0) is 9.84 Å². The van der Waals surface area contributed by atoms with E-state index in [-0.39, 0.29) is 10.8 Å². The van der Waals surface area contributed by atoms with E-state index in [1.54, 1.807) is 37.3 Å². The Morgan fingerprint density at radius 2 is 1.79 bits per heavy atom. The molecule has 1 aliphatic heterocycles. The van der Waals surface area contributed by atoms with Gasteiger partial charge >= 0.3 is 0 Å². The van der Waals surface area contributed by atoms with Crippen LogP contribution in [0.4, 0.5) is 10.8 Å². The number of hydrogen-bond donors (Lipinski definition) is 1. The largest absolute Gasteiger partial charge is 0.348 e. The summed E-state index contributed by atoms with van der Waals surface area (Å²) in [5, 5.41) is 3.42. The van der Waals surface area contributed by atoms with Gasteiger partial charge in [0.15, 0.2) is 15.0 Å². The van der Waals surface area contributed by atoms with Crippen molar-refractivity contribution >= 4 is 48.1 Å². The highest BCUT2D eigenvalue weighted by molar-refractivity contribution is 7.92. The van der Waals surface area contributed by atoms with Crippen molar-refractivity contribution in [1.82, 2.24) is 4.98 Å². The number of benzene rings is 2. The van der Waals surface area contributed by atoms with Gasteiger partial charge in [-0.2, -0.15) is 0 Å². The summed E-state index contributed by atoms with van der Waals surface area (Å²) in [7, 11) is -3.35. The van der Waals surface area contributed by atoms with Crippen LogP contribution in [0.2, 0.25) is 0 Å². The lowest BCUT2D eigenvalue weighted by molar-refractivity contribution is 0.102. The van der Waals surface area contributed by atoms with E-state index < -0.39 is 15.1 Å². The van der Waals surface area contributed by atoms with Gasteiger partial charge in [-0.3, -0.25) is 4.79 Å². The molecule has 152 valence electrons. The average Bonchev–Trinajstić information content (AvgIpc) is 3.37. The van der Waals surface area contributed by atoms with Crippen LogP contribution in [0.1, 0.15) is 37.0 Å². The highest BCUT2D eigenvalue weighted by atomic mass is 32.2. The summed E-state index contributed by atoms with van der Waals surface area (Å²) in [5.74, 6) is -0.276. The van der Waals surface area contributed by atoms with Crippen molar-refractivity contribution in [3.63, 3.8) is 0 Å². The monoisotopic (exact) mass is 429 g/mol. The molecular formula is C21H23N3O3S2. The number of carbonyl (C=O) groups is 1. The minimum Gasteiger partial charge on any atom is -0.348 e. The Balaban J connectivity index is 1.51. The smallest absolute Gasteiger partial charge is 0.255 e. The summed E-state index contributed by atoms with van der Waals surface area (Å²) in [5.41, 5.74) is 2.03. The van der Waals surface area contributed by atoms with Gasteiger partial charge in [0.2, 0.25) is 0 Å². The summed E-state index contributed by atoms with van der Waals surface area (Å²) < 4.78 is 25.5. The molecule has 0 spiro atoms. The predicted molar refractivity (Wildman–Crippen MR) is 118 cm³/mol. The number of hydrogen-bond acceptors (Lipinski definition) is 6. The minimum atomic E-state index is -3.35. The fourth-order valence-electron chi connectivity index (χ4n) is 3.31. The van der Waals surface area contributed by atoms with Crippen molar-refractivity contribution < 1.29 is 13.2 Å². The van der Waals surface area contributed by atoms with Crippen molar-refractivity contribution in [3.05, 3.63) is 48.0 Å². The third-order valence-electron chi connectivity index (χ3n) is 5.08. The van der Waals surface area contributed by atoms with Crippen LogP contribution in [0.15, 0.2) is 47.4 Å². The zero-order valence-electron chi connectivity index (χ0n) is 16.4. The zero-order valence-corrected chi connectivity index (χ0v) is 18.0. The first kappa shape index (κ1) is 19.8. The maximum atomic E-state index is 12.6. The van der Waals surface area contributed by atoms with Crippen molar-refractivity contribution in [2.24, 2.45) is 0 Å². The van der Waals surface area contributed by atoms with Crippen molar-refractivity contribution in [1.29, 1.82) is 0 Å². The molecule has 1 aromatic heterocycles. The van der Waals surface area contributed by atoms with Gasteiger partial charge in [0.25, 0.3) is 5.91 Å². The molecule has 0 unspecified atom stereocenters.